The van der Waals surface area contributed by atoms with Crippen molar-refractivity contribution in [3.63, 3.8) is 0 Å². The summed E-state index contributed by atoms with van der Waals surface area (Å²) in [5.41, 5.74) is 2.37. The Morgan fingerprint density at radius 2 is 1.90 bits per heavy atom. The van der Waals surface area contributed by atoms with Crippen LogP contribution in [0.4, 0.5) is 4.39 Å². The van der Waals surface area contributed by atoms with Gasteiger partial charge in [0.2, 0.25) is 0 Å². The fraction of sp³-hybridized carbons (Fsp3) is 0.0588. The van der Waals surface area contributed by atoms with Crippen LogP contribution in [0.1, 0.15) is 11.3 Å². The molecule has 0 saturated heterocycles. The lowest BCUT2D eigenvalue weighted by Gasteiger charge is -2.05. The number of rotatable bonds is 2. The molecule has 2 aromatic carbocycles. The highest BCUT2D eigenvalue weighted by Crippen LogP contribution is 2.11. The van der Waals surface area contributed by atoms with E-state index in [9.17, 15) is 9.18 Å². The van der Waals surface area contributed by atoms with Crippen molar-refractivity contribution < 1.29 is 4.39 Å². The van der Waals surface area contributed by atoms with Crippen LogP contribution in [-0.2, 0) is 7.05 Å². The molecule has 3 nitrogen and oxygen atoms in total. The minimum absolute atomic E-state index is 0.179. The topological polar surface area (TPSA) is 34.9 Å². The number of fused-ring (bicyclic) bond motifs is 1. The molecule has 1 heterocycles. The molecule has 0 unspecified atom stereocenters. The zero-order valence-corrected chi connectivity index (χ0v) is 11.5. The summed E-state index contributed by atoms with van der Waals surface area (Å²) in [6.07, 6.45) is 3.30. The van der Waals surface area contributed by atoms with E-state index in [1.165, 1.54) is 12.1 Å². The summed E-state index contributed by atoms with van der Waals surface area (Å²) >= 11 is 0. The number of benzene rings is 2. The lowest BCUT2D eigenvalue weighted by molar-refractivity contribution is 0.627. The third-order valence-electron chi connectivity index (χ3n) is 3.29. The van der Waals surface area contributed by atoms with E-state index in [4.69, 9.17) is 0 Å². The van der Waals surface area contributed by atoms with E-state index < -0.39 is 0 Å². The molecule has 104 valence electrons. The van der Waals surface area contributed by atoms with E-state index in [0.717, 1.165) is 11.0 Å². The molecular weight excluding hydrogens is 267 g/mol. The Hall–Kier alpha value is -2.75. The largest absolute Gasteiger partial charge is 0.308 e. The molecular formula is C17H13FN2O. The van der Waals surface area contributed by atoms with Crippen LogP contribution in [0.5, 0.6) is 0 Å². The Morgan fingerprint density at radius 3 is 2.71 bits per heavy atom. The molecule has 0 bridgehead atoms. The Balaban J connectivity index is 2.09. The first kappa shape index (κ1) is 13.2. The molecule has 4 heteroatoms. The third kappa shape index (κ3) is 2.60. The van der Waals surface area contributed by atoms with Crippen molar-refractivity contribution in [1.29, 1.82) is 0 Å². The highest BCUT2D eigenvalue weighted by atomic mass is 19.1. The quantitative estimate of drug-likeness (QED) is 0.722. The minimum atomic E-state index is -0.309. The molecule has 1 aromatic heterocycles. The molecule has 0 aliphatic rings. The Labute approximate surface area is 121 Å². The summed E-state index contributed by atoms with van der Waals surface area (Å²) in [5.74, 6) is -0.309. The zero-order valence-electron chi connectivity index (χ0n) is 11.5. The number of hydrogen-bond acceptors (Lipinski definition) is 2. The zero-order chi connectivity index (χ0) is 14.8. The van der Waals surface area contributed by atoms with Gasteiger partial charge in [0.15, 0.2) is 0 Å². The Kier molecular flexibility index (Phi) is 3.36. The number of aromatic nitrogens is 2. The monoisotopic (exact) mass is 280 g/mol. The first-order chi connectivity index (χ1) is 10.1. The maximum absolute atomic E-state index is 13.1. The molecule has 3 rings (SSSR count). The van der Waals surface area contributed by atoms with Gasteiger partial charge >= 0.3 is 0 Å². The van der Waals surface area contributed by atoms with Gasteiger partial charge in [0.05, 0.1) is 11.0 Å². The summed E-state index contributed by atoms with van der Waals surface area (Å²) in [6.45, 7) is 0. The first-order valence-electron chi connectivity index (χ1n) is 6.54. The molecule has 0 spiro atoms. The van der Waals surface area contributed by atoms with Gasteiger partial charge in [0, 0.05) is 7.05 Å². The van der Waals surface area contributed by atoms with Crippen LogP contribution >= 0.6 is 0 Å². The van der Waals surface area contributed by atoms with E-state index >= 15 is 0 Å². The summed E-state index contributed by atoms with van der Waals surface area (Å²) in [7, 11) is 1.71. The standard InChI is InChI=1S/C17H13FN2O/c1-20-16-8-3-2-7-14(16)19-15(17(20)21)10-9-12-5-4-6-13(18)11-12/h2-11H,1H3/b10-9+. The summed E-state index contributed by atoms with van der Waals surface area (Å²) in [6, 6.07) is 13.6. The highest BCUT2D eigenvalue weighted by Gasteiger charge is 2.05. The van der Waals surface area contributed by atoms with Crippen LogP contribution < -0.4 is 5.56 Å². The summed E-state index contributed by atoms with van der Waals surface area (Å²) in [5, 5.41) is 0. The van der Waals surface area contributed by atoms with E-state index in [1.807, 2.05) is 24.3 Å². The van der Waals surface area contributed by atoms with Gasteiger partial charge in [0.1, 0.15) is 11.5 Å². The number of halogens is 1. The SMILES string of the molecule is Cn1c(=O)c(/C=C/c2cccc(F)c2)nc2ccccc21. The van der Waals surface area contributed by atoms with Crippen molar-refractivity contribution >= 4 is 23.2 Å². The van der Waals surface area contributed by atoms with Crippen LogP contribution in [0.15, 0.2) is 53.3 Å². The van der Waals surface area contributed by atoms with Gasteiger partial charge in [-0.3, -0.25) is 4.79 Å². The predicted octanol–water partition coefficient (Wildman–Crippen LogP) is 3.24. The second-order valence-corrected chi connectivity index (χ2v) is 4.74. The average molecular weight is 280 g/mol. The molecule has 0 radical (unpaired) electrons. The fourth-order valence-electron chi connectivity index (χ4n) is 2.20. The first-order valence-corrected chi connectivity index (χ1v) is 6.54. The van der Waals surface area contributed by atoms with Crippen molar-refractivity contribution in [2.45, 2.75) is 0 Å². The van der Waals surface area contributed by atoms with Gasteiger partial charge in [-0.25, -0.2) is 9.37 Å². The van der Waals surface area contributed by atoms with E-state index in [0.29, 0.717) is 11.3 Å². The third-order valence-corrected chi connectivity index (χ3v) is 3.29. The van der Waals surface area contributed by atoms with Gasteiger partial charge in [-0.15, -0.1) is 0 Å². The van der Waals surface area contributed by atoms with Crippen LogP contribution in [0.3, 0.4) is 0 Å². The minimum Gasteiger partial charge on any atom is -0.308 e. The van der Waals surface area contributed by atoms with Gasteiger partial charge in [-0.05, 0) is 35.9 Å². The van der Waals surface area contributed by atoms with E-state index in [2.05, 4.69) is 4.98 Å². The fourth-order valence-corrected chi connectivity index (χ4v) is 2.20. The molecule has 0 aliphatic carbocycles. The van der Waals surface area contributed by atoms with Gasteiger partial charge in [-0.1, -0.05) is 30.3 Å². The van der Waals surface area contributed by atoms with Crippen molar-refractivity contribution in [3.05, 3.63) is 76.0 Å². The maximum Gasteiger partial charge on any atom is 0.276 e. The second-order valence-electron chi connectivity index (χ2n) is 4.74. The van der Waals surface area contributed by atoms with Crippen LogP contribution in [-0.4, -0.2) is 9.55 Å². The van der Waals surface area contributed by atoms with Crippen molar-refractivity contribution in [2.75, 3.05) is 0 Å². The van der Waals surface area contributed by atoms with Gasteiger partial charge in [-0.2, -0.15) is 0 Å². The highest BCUT2D eigenvalue weighted by molar-refractivity contribution is 5.77. The average Bonchev–Trinajstić information content (AvgIpc) is 2.50. The molecule has 0 aliphatic heterocycles. The molecule has 0 fully saturated rings. The Morgan fingerprint density at radius 1 is 1.10 bits per heavy atom. The smallest absolute Gasteiger partial charge is 0.276 e. The number of nitrogens with zero attached hydrogens (tertiary/aromatic N) is 2. The number of para-hydroxylation sites is 2. The second kappa shape index (κ2) is 5.32. The van der Waals surface area contributed by atoms with Crippen molar-refractivity contribution in [1.82, 2.24) is 9.55 Å². The predicted molar refractivity (Wildman–Crippen MR) is 82.3 cm³/mol. The lowest BCUT2D eigenvalue weighted by atomic mass is 10.2. The van der Waals surface area contributed by atoms with E-state index in [1.54, 1.807) is 35.9 Å². The lowest BCUT2D eigenvalue weighted by Crippen LogP contribution is -2.21. The van der Waals surface area contributed by atoms with Crippen molar-refractivity contribution in [3.8, 4) is 0 Å². The molecule has 0 amide bonds. The number of hydrogen-bond donors (Lipinski definition) is 0. The number of aryl methyl sites for hydroxylation is 1. The van der Waals surface area contributed by atoms with Crippen LogP contribution in [0.25, 0.3) is 23.2 Å². The normalized spacial score (nSPS) is 11.3. The molecule has 0 saturated carbocycles. The van der Waals surface area contributed by atoms with E-state index in [-0.39, 0.29) is 11.4 Å². The van der Waals surface area contributed by atoms with Gasteiger partial charge in [0.25, 0.3) is 5.56 Å². The van der Waals surface area contributed by atoms with Crippen LogP contribution in [0.2, 0.25) is 0 Å². The summed E-state index contributed by atoms with van der Waals surface area (Å²) < 4.78 is 14.7. The van der Waals surface area contributed by atoms with Crippen molar-refractivity contribution in [2.24, 2.45) is 7.05 Å². The van der Waals surface area contributed by atoms with Crippen LogP contribution in [0, 0.1) is 5.82 Å². The Bertz CT molecular complexity index is 897. The molecule has 0 N–H and O–H groups in total. The maximum atomic E-state index is 13.1. The molecule has 21 heavy (non-hydrogen) atoms. The molecule has 3 aromatic rings. The molecule has 0 atom stereocenters. The summed E-state index contributed by atoms with van der Waals surface area (Å²) in [4.78, 5) is 16.6. The van der Waals surface area contributed by atoms with Gasteiger partial charge < -0.3 is 4.57 Å².